The second-order valence-electron chi connectivity index (χ2n) is 6.47. The summed E-state index contributed by atoms with van der Waals surface area (Å²) in [6.45, 7) is 1.98. The van der Waals surface area contributed by atoms with Crippen molar-refractivity contribution >= 4 is 63.7 Å². The van der Waals surface area contributed by atoms with Gasteiger partial charge in [-0.3, -0.25) is 9.59 Å². The van der Waals surface area contributed by atoms with Crippen LogP contribution in [0.25, 0.3) is 0 Å². The molecule has 0 bridgehead atoms. The molecule has 0 spiro atoms. The summed E-state index contributed by atoms with van der Waals surface area (Å²) in [4.78, 5) is 24.7. The van der Waals surface area contributed by atoms with E-state index in [2.05, 4.69) is 16.0 Å². The van der Waals surface area contributed by atoms with Crippen molar-refractivity contribution in [3.05, 3.63) is 52.6 Å². The zero-order valence-corrected chi connectivity index (χ0v) is 17.4. The molecule has 29 heavy (non-hydrogen) atoms. The summed E-state index contributed by atoms with van der Waals surface area (Å²) in [6.07, 6.45) is 0.334. The molecular formula is C19H16Cl3F2N3O2. The summed E-state index contributed by atoms with van der Waals surface area (Å²) in [7, 11) is 0. The van der Waals surface area contributed by atoms with Crippen molar-refractivity contribution in [2.75, 3.05) is 22.5 Å². The van der Waals surface area contributed by atoms with Gasteiger partial charge in [0.1, 0.15) is 15.8 Å². The lowest BCUT2D eigenvalue weighted by atomic mass is 10.1. The average molecular weight is 463 g/mol. The van der Waals surface area contributed by atoms with Gasteiger partial charge in [0.05, 0.1) is 22.2 Å². The Balaban J connectivity index is 1.79. The molecule has 1 saturated carbocycles. The number of anilines is 3. The Morgan fingerprint density at radius 2 is 1.86 bits per heavy atom. The Hall–Kier alpha value is -2.09. The molecule has 0 heterocycles. The molecular weight excluding hydrogens is 447 g/mol. The minimum Gasteiger partial charge on any atom is -0.381 e. The second kappa shape index (κ2) is 8.34. The largest absolute Gasteiger partial charge is 0.381 e. The van der Waals surface area contributed by atoms with Crippen LogP contribution >= 0.6 is 34.8 Å². The van der Waals surface area contributed by atoms with Crippen molar-refractivity contribution < 1.29 is 18.4 Å². The van der Waals surface area contributed by atoms with Gasteiger partial charge in [0.15, 0.2) is 5.82 Å². The van der Waals surface area contributed by atoms with E-state index in [9.17, 15) is 18.4 Å². The molecule has 1 aliphatic rings. The van der Waals surface area contributed by atoms with Crippen molar-refractivity contribution in [2.45, 2.75) is 17.7 Å². The van der Waals surface area contributed by atoms with Gasteiger partial charge in [0.25, 0.3) is 5.91 Å². The van der Waals surface area contributed by atoms with E-state index in [4.69, 9.17) is 34.8 Å². The first kappa shape index (κ1) is 21.6. The number of benzene rings is 2. The lowest BCUT2D eigenvalue weighted by molar-refractivity contribution is -0.117. The molecule has 0 saturated heterocycles. The zero-order chi connectivity index (χ0) is 21.3. The predicted octanol–water partition coefficient (Wildman–Crippen LogP) is 5.43. The van der Waals surface area contributed by atoms with Crippen molar-refractivity contribution in [1.82, 2.24) is 0 Å². The number of carbonyl (C=O) groups is 2. The summed E-state index contributed by atoms with van der Waals surface area (Å²) in [6, 6.07) is 6.41. The maximum Gasteiger partial charge on any atom is 0.257 e. The highest BCUT2D eigenvalue weighted by Crippen LogP contribution is 2.53. The average Bonchev–Trinajstić information content (AvgIpc) is 3.31. The molecule has 0 radical (unpaired) electrons. The van der Waals surface area contributed by atoms with Gasteiger partial charge in [-0.25, -0.2) is 8.78 Å². The first-order valence-corrected chi connectivity index (χ1v) is 9.79. The quantitative estimate of drug-likeness (QED) is 0.501. The minimum atomic E-state index is -1.08. The van der Waals surface area contributed by atoms with E-state index in [1.807, 2.05) is 0 Å². The van der Waals surface area contributed by atoms with Crippen LogP contribution in [0.5, 0.6) is 0 Å². The minimum absolute atomic E-state index is 0.00278. The Labute approximate surface area is 180 Å². The smallest absolute Gasteiger partial charge is 0.257 e. The van der Waals surface area contributed by atoms with Crippen molar-refractivity contribution in [2.24, 2.45) is 5.92 Å². The first-order chi connectivity index (χ1) is 13.6. The zero-order valence-electron chi connectivity index (χ0n) is 15.1. The highest BCUT2D eigenvalue weighted by Gasteiger charge is 2.56. The van der Waals surface area contributed by atoms with E-state index < -0.39 is 27.8 Å². The lowest BCUT2D eigenvalue weighted by Crippen LogP contribution is -2.18. The fourth-order valence-corrected chi connectivity index (χ4v) is 3.39. The summed E-state index contributed by atoms with van der Waals surface area (Å²) >= 11 is 17.8. The van der Waals surface area contributed by atoms with Crippen LogP contribution < -0.4 is 16.0 Å². The second-order valence-corrected chi connectivity index (χ2v) is 8.42. The van der Waals surface area contributed by atoms with Crippen LogP contribution in [0.3, 0.4) is 0 Å². The highest BCUT2D eigenvalue weighted by atomic mass is 35.5. The number of hydrogen-bond donors (Lipinski definition) is 3. The molecule has 0 aliphatic heterocycles. The van der Waals surface area contributed by atoms with Crippen LogP contribution in [0.2, 0.25) is 5.02 Å². The summed E-state index contributed by atoms with van der Waals surface area (Å²) in [5.74, 6) is -3.37. The normalized spacial score (nSPS) is 16.8. The topological polar surface area (TPSA) is 70.2 Å². The van der Waals surface area contributed by atoms with Gasteiger partial charge in [-0.1, -0.05) is 11.6 Å². The van der Waals surface area contributed by atoms with E-state index in [0.29, 0.717) is 18.7 Å². The molecule has 154 valence electrons. The van der Waals surface area contributed by atoms with Crippen LogP contribution in [-0.2, 0) is 4.79 Å². The number of carbonyl (C=O) groups excluding carboxylic acids is 2. The predicted molar refractivity (Wildman–Crippen MR) is 111 cm³/mol. The summed E-state index contributed by atoms with van der Waals surface area (Å²) in [5, 5.41) is 7.63. The van der Waals surface area contributed by atoms with Gasteiger partial charge in [-0.05, 0) is 43.7 Å². The standard InChI is InChI=1S/C19H16Cl3F2N3O2/c1-2-25-16-13(23)5-6-14(15(16)24)27-17(28)10-7-9(3-4-12(10)20)26-18(29)11-8-19(11,21)22/h3-7,11,25H,2,8H2,1H3,(H,26,29)(H,27,28)/t11-/m1/s1. The lowest BCUT2D eigenvalue weighted by Gasteiger charge is -2.13. The van der Waals surface area contributed by atoms with E-state index in [1.54, 1.807) is 6.92 Å². The molecule has 3 N–H and O–H groups in total. The van der Waals surface area contributed by atoms with Crippen LogP contribution in [0.1, 0.15) is 23.7 Å². The molecule has 2 aromatic carbocycles. The number of hydrogen-bond acceptors (Lipinski definition) is 3. The third-order valence-corrected chi connectivity index (χ3v) is 5.48. The van der Waals surface area contributed by atoms with Crippen LogP contribution in [0.15, 0.2) is 30.3 Å². The molecule has 0 aromatic heterocycles. The molecule has 0 unspecified atom stereocenters. The Bertz CT molecular complexity index is 985. The van der Waals surface area contributed by atoms with Gasteiger partial charge in [0, 0.05) is 12.2 Å². The monoisotopic (exact) mass is 461 g/mol. The fraction of sp³-hybridized carbons (Fsp3) is 0.263. The van der Waals surface area contributed by atoms with Crippen molar-refractivity contribution in [3.8, 4) is 0 Å². The van der Waals surface area contributed by atoms with Gasteiger partial charge in [-0.2, -0.15) is 0 Å². The highest BCUT2D eigenvalue weighted by molar-refractivity contribution is 6.52. The fourth-order valence-electron chi connectivity index (χ4n) is 2.68. The number of amides is 2. The Kier molecular flexibility index (Phi) is 6.22. The van der Waals surface area contributed by atoms with E-state index in [1.165, 1.54) is 18.2 Å². The Morgan fingerprint density at radius 1 is 1.17 bits per heavy atom. The van der Waals surface area contributed by atoms with Crippen molar-refractivity contribution in [1.29, 1.82) is 0 Å². The molecule has 2 aromatic rings. The number of halogens is 5. The molecule has 1 aliphatic carbocycles. The SMILES string of the molecule is CCNc1c(F)ccc(NC(=O)c2cc(NC(=O)[C@H]3CC3(Cl)Cl)ccc2Cl)c1F. The van der Waals surface area contributed by atoms with Gasteiger partial charge in [-0.15, -0.1) is 23.2 Å². The van der Waals surface area contributed by atoms with Crippen LogP contribution in [-0.4, -0.2) is 22.7 Å². The Morgan fingerprint density at radius 3 is 2.48 bits per heavy atom. The molecule has 1 fully saturated rings. The molecule has 10 heteroatoms. The number of alkyl halides is 2. The van der Waals surface area contributed by atoms with E-state index in [0.717, 1.165) is 12.1 Å². The third kappa shape index (κ3) is 4.74. The van der Waals surface area contributed by atoms with E-state index in [-0.39, 0.29) is 27.9 Å². The van der Waals surface area contributed by atoms with Crippen molar-refractivity contribution in [3.63, 3.8) is 0 Å². The molecule has 1 atom stereocenters. The third-order valence-electron chi connectivity index (χ3n) is 4.31. The molecule has 2 amide bonds. The van der Waals surface area contributed by atoms with E-state index >= 15 is 0 Å². The summed E-state index contributed by atoms with van der Waals surface area (Å²) in [5.41, 5.74) is -0.261. The van der Waals surface area contributed by atoms with Gasteiger partial charge >= 0.3 is 0 Å². The molecule has 5 nitrogen and oxygen atoms in total. The molecule has 3 rings (SSSR count). The maximum atomic E-state index is 14.5. The first-order valence-electron chi connectivity index (χ1n) is 8.65. The van der Waals surface area contributed by atoms with Crippen LogP contribution in [0, 0.1) is 17.6 Å². The number of rotatable bonds is 6. The van der Waals surface area contributed by atoms with Gasteiger partial charge < -0.3 is 16.0 Å². The summed E-state index contributed by atoms with van der Waals surface area (Å²) < 4.78 is 27.1. The maximum absolute atomic E-state index is 14.5. The number of nitrogens with one attached hydrogen (secondary N) is 3. The van der Waals surface area contributed by atoms with Crippen LogP contribution in [0.4, 0.5) is 25.8 Å². The van der Waals surface area contributed by atoms with Gasteiger partial charge in [0.2, 0.25) is 5.91 Å².